The van der Waals surface area contributed by atoms with Crippen LogP contribution >= 0.6 is 0 Å². The highest BCUT2D eigenvalue weighted by Gasteiger charge is 2.47. The van der Waals surface area contributed by atoms with Gasteiger partial charge in [0, 0.05) is 31.2 Å². The normalized spacial score (nSPS) is 46.3. The molecule has 3 nitrogen and oxygen atoms in total. The zero-order valence-electron chi connectivity index (χ0n) is 14.4. The largest absolute Gasteiger partial charge is 0.329 e. The van der Waals surface area contributed by atoms with E-state index in [-0.39, 0.29) is 0 Å². The van der Waals surface area contributed by atoms with Gasteiger partial charge in [0.1, 0.15) is 0 Å². The van der Waals surface area contributed by atoms with Gasteiger partial charge in [0.15, 0.2) is 0 Å². The first-order valence-electron chi connectivity index (χ1n) is 9.22. The third-order valence-corrected chi connectivity index (χ3v) is 7.04. The minimum Gasteiger partial charge on any atom is -0.329 e. The number of hydrogen-bond donors (Lipinski definition) is 1. The van der Waals surface area contributed by atoms with Crippen LogP contribution in [0.1, 0.15) is 52.4 Å². The lowest BCUT2D eigenvalue weighted by molar-refractivity contribution is -0.0589. The van der Waals surface area contributed by atoms with Crippen LogP contribution in [0, 0.1) is 17.8 Å². The number of nitrogens with zero attached hydrogens (tertiary/aromatic N) is 2. The summed E-state index contributed by atoms with van der Waals surface area (Å²) in [6.45, 7) is 9.60. The number of rotatable bonds is 2. The summed E-state index contributed by atoms with van der Waals surface area (Å²) >= 11 is 0. The van der Waals surface area contributed by atoms with E-state index in [0.29, 0.717) is 5.54 Å². The Morgan fingerprint density at radius 3 is 2.67 bits per heavy atom. The van der Waals surface area contributed by atoms with E-state index in [9.17, 15) is 0 Å². The van der Waals surface area contributed by atoms with Crippen molar-refractivity contribution in [2.24, 2.45) is 23.5 Å². The summed E-state index contributed by atoms with van der Waals surface area (Å²) in [5.41, 5.74) is 6.66. The second-order valence-electron chi connectivity index (χ2n) is 8.28. The number of nitrogens with two attached hydrogens (primary N) is 1. The highest BCUT2D eigenvalue weighted by molar-refractivity contribution is 5.03. The molecule has 0 amide bonds. The van der Waals surface area contributed by atoms with Crippen molar-refractivity contribution in [3.8, 4) is 0 Å². The van der Waals surface area contributed by atoms with Gasteiger partial charge in [0.05, 0.1) is 0 Å². The topological polar surface area (TPSA) is 32.5 Å². The van der Waals surface area contributed by atoms with Gasteiger partial charge in [0.25, 0.3) is 0 Å². The lowest BCUT2D eigenvalue weighted by Crippen LogP contribution is -2.65. The molecule has 3 aliphatic rings. The van der Waals surface area contributed by atoms with Crippen molar-refractivity contribution in [2.75, 3.05) is 33.2 Å². The molecule has 0 aromatic rings. The molecule has 5 unspecified atom stereocenters. The smallest absolute Gasteiger partial charge is 0.0359 e. The number of hydrogen-bond acceptors (Lipinski definition) is 3. The van der Waals surface area contributed by atoms with Gasteiger partial charge in [-0.05, 0) is 63.5 Å². The molecule has 5 atom stereocenters. The molecule has 0 spiro atoms. The summed E-state index contributed by atoms with van der Waals surface area (Å²) < 4.78 is 0. The van der Waals surface area contributed by atoms with Gasteiger partial charge >= 0.3 is 0 Å². The van der Waals surface area contributed by atoms with E-state index in [2.05, 4.69) is 30.7 Å². The monoisotopic (exact) mass is 293 g/mol. The quantitative estimate of drug-likeness (QED) is 0.849. The summed E-state index contributed by atoms with van der Waals surface area (Å²) in [5, 5.41) is 0. The summed E-state index contributed by atoms with van der Waals surface area (Å²) in [5.74, 6) is 2.48. The van der Waals surface area contributed by atoms with Gasteiger partial charge in [-0.25, -0.2) is 0 Å². The second-order valence-corrected chi connectivity index (χ2v) is 8.28. The first kappa shape index (κ1) is 15.8. The Hall–Kier alpha value is -0.120. The second kappa shape index (κ2) is 6.17. The molecule has 0 radical (unpaired) electrons. The standard InChI is InChI=1S/C18H35N3/c1-14-6-7-15(2)18(11-14,13-19)21-10-8-17-16(12-21)5-4-9-20(17)3/h14-17H,4-13,19H2,1-3H3. The van der Waals surface area contributed by atoms with E-state index in [0.717, 1.165) is 30.3 Å². The van der Waals surface area contributed by atoms with Crippen LogP contribution < -0.4 is 5.73 Å². The molecular weight excluding hydrogens is 258 g/mol. The number of piperidine rings is 2. The Labute approximate surface area is 131 Å². The van der Waals surface area contributed by atoms with Gasteiger partial charge in [-0.1, -0.05) is 20.3 Å². The van der Waals surface area contributed by atoms with Crippen molar-refractivity contribution in [3.05, 3.63) is 0 Å². The third kappa shape index (κ3) is 2.77. The van der Waals surface area contributed by atoms with Crippen LogP contribution in [0.4, 0.5) is 0 Å². The van der Waals surface area contributed by atoms with Crippen LogP contribution in [0.15, 0.2) is 0 Å². The molecule has 2 saturated heterocycles. The van der Waals surface area contributed by atoms with Crippen molar-refractivity contribution in [2.45, 2.75) is 64.0 Å². The Morgan fingerprint density at radius 1 is 1.10 bits per heavy atom. The van der Waals surface area contributed by atoms with Crippen molar-refractivity contribution in [1.29, 1.82) is 0 Å². The number of likely N-dealkylation sites (tertiary alicyclic amines) is 2. The van der Waals surface area contributed by atoms with Crippen LogP contribution in [-0.4, -0.2) is 54.6 Å². The lowest BCUT2D eigenvalue weighted by atomic mass is 9.67. The van der Waals surface area contributed by atoms with Crippen LogP contribution in [0.2, 0.25) is 0 Å². The highest BCUT2D eigenvalue weighted by Crippen LogP contribution is 2.43. The van der Waals surface area contributed by atoms with E-state index < -0.39 is 0 Å². The van der Waals surface area contributed by atoms with Crippen molar-refractivity contribution >= 4 is 0 Å². The Kier molecular flexibility index (Phi) is 4.63. The fourth-order valence-electron chi connectivity index (χ4n) is 5.62. The molecule has 2 heterocycles. The van der Waals surface area contributed by atoms with Crippen molar-refractivity contribution in [1.82, 2.24) is 9.80 Å². The van der Waals surface area contributed by atoms with Crippen molar-refractivity contribution < 1.29 is 0 Å². The predicted octanol–water partition coefficient (Wildman–Crippen LogP) is 2.56. The molecule has 3 rings (SSSR count). The zero-order chi connectivity index (χ0) is 15.0. The molecule has 122 valence electrons. The number of fused-ring (bicyclic) bond motifs is 1. The predicted molar refractivity (Wildman–Crippen MR) is 89.3 cm³/mol. The molecule has 2 N–H and O–H groups in total. The van der Waals surface area contributed by atoms with E-state index in [1.54, 1.807) is 0 Å². The average molecular weight is 293 g/mol. The van der Waals surface area contributed by atoms with Crippen molar-refractivity contribution in [3.63, 3.8) is 0 Å². The fourth-order valence-corrected chi connectivity index (χ4v) is 5.62. The Morgan fingerprint density at radius 2 is 1.90 bits per heavy atom. The zero-order valence-corrected chi connectivity index (χ0v) is 14.4. The van der Waals surface area contributed by atoms with Gasteiger partial charge < -0.3 is 10.6 Å². The molecule has 1 saturated carbocycles. The van der Waals surface area contributed by atoms with E-state index in [4.69, 9.17) is 5.73 Å². The third-order valence-electron chi connectivity index (χ3n) is 7.04. The maximum absolute atomic E-state index is 6.36. The summed E-state index contributed by atoms with van der Waals surface area (Å²) in [6, 6.07) is 0.834. The molecule has 0 aromatic heterocycles. The van der Waals surface area contributed by atoms with Gasteiger partial charge in [-0.15, -0.1) is 0 Å². The maximum atomic E-state index is 6.36. The summed E-state index contributed by atoms with van der Waals surface area (Å²) in [6.07, 6.45) is 8.24. The maximum Gasteiger partial charge on any atom is 0.0359 e. The molecule has 2 aliphatic heterocycles. The molecule has 3 fully saturated rings. The first-order chi connectivity index (χ1) is 10.1. The van der Waals surface area contributed by atoms with Crippen LogP contribution in [-0.2, 0) is 0 Å². The minimum absolute atomic E-state index is 0.290. The molecule has 1 aliphatic carbocycles. The van der Waals surface area contributed by atoms with Crippen LogP contribution in [0.5, 0.6) is 0 Å². The lowest BCUT2D eigenvalue weighted by Gasteiger charge is -2.56. The van der Waals surface area contributed by atoms with Gasteiger partial charge in [-0.2, -0.15) is 0 Å². The van der Waals surface area contributed by atoms with E-state index in [1.807, 2.05) is 0 Å². The first-order valence-corrected chi connectivity index (χ1v) is 9.22. The Bertz CT molecular complexity index is 358. The van der Waals surface area contributed by atoms with E-state index in [1.165, 1.54) is 58.2 Å². The Balaban J connectivity index is 1.76. The average Bonchev–Trinajstić information content (AvgIpc) is 2.49. The fraction of sp³-hybridized carbons (Fsp3) is 1.00. The van der Waals surface area contributed by atoms with E-state index >= 15 is 0 Å². The van der Waals surface area contributed by atoms with Crippen LogP contribution in [0.25, 0.3) is 0 Å². The molecular formula is C18H35N3. The highest BCUT2D eigenvalue weighted by atomic mass is 15.3. The molecule has 21 heavy (non-hydrogen) atoms. The minimum atomic E-state index is 0.290. The molecule has 0 bridgehead atoms. The SMILES string of the molecule is CC1CCC(C)C(CN)(N2CCC3C(CCCN3C)C2)C1. The van der Waals surface area contributed by atoms with Gasteiger partial charge in [0.2, 0.25) is 0 Å². The molecule has 0 aromatic carbocycles. The van der Waals surface area contributed by atoms with Crippen LogP contribution in [0.3, 0.4) is 0 Å². The summed E-state index contributed by atoms with van der Waals surface area (Å²) in [7, 11) is 2.33. The summed E-state index contributed by atoms with van der Waals surface area (Å²) in [4.78, 5) is 5.45. The van der Waals surface area contributed by atoms with Gasteiger partial charge in [-0.3, -0.25) is 4.90 Å². The molecule has 3 heteroatoms.